The summed E-state index contributed by atoms with van der Waals surface area (Å²) in [5.74, 6) is 0. The number of benzene rings is 3. The van der Waals surface area contributed by atoms with Crippen LogP contribution in [0.2, 0.25) is 0 Å². The first kappa shape index (κ1) is 18.9. The van der Waals surface area contributed by atoms with Crippen LogP contribution in [0.1, 0.15) is 38.2 Å². The summed E-state index contributed by atoms with van der Waals surface area (Å²) in [7, 11) is -0.355. The number of rotatable bonds is 9. The largest absolute Gasteiger partial charge is 0.0654 e. The summed E-state index contributed by atoms with van der Waals surface area (Å²) in [6.07, 6.45) is 6.41. The van der Waals surface area contributed by atoms with E-state index < -0.39 is 0 Å². The van der Waals surface area contributed by atoms with Crippen LogP contribution < -0.4 is 10.6 Å². The first-order valence-electron chi connectivity index (χ1n) is 9.81. The average Bonchev–Trinajstić information content (AvgIpc) is 2.71. The van der Waals surface area contributed by atoms with Crippen LogP contribution in [0, 0.1) is 0 Å². The molecule has 0 saturated heterocycles. The minimum Gasteiger partial charge on any atom is -0.0654 e. The second kappa shape index (κ2) is 10.3. The highest BCUT2D eigenvalue weighted by atomic mass is 31.1. The van der Waals surface area contributed by atoms with E-state index in [9.17, 15) is 0 Å². The Bertz CT molecular complexity index is 697. The fourth-order valence-corrected chi connectivity index (χ4v) is 6.55. The van der Waals surface area contributed by atoms with Gasteiger partial charge in [-0.2, -0.15) is 0 Å². The van der Waals surface area contributed by atoms with Crippen molar-refractivity contribution in [3.05, 3.63) is 96.6 Å². The molecule has 1 atom stereocenters. The van der Waals surface area contributed by atoms with Crippen LogP contribution in [0.15, 0.2) is 91.0 Å². The van der Waals surface area contributed by atoms with Crippen molar-refractivity contribution in [2.24, 2.45) is 0 Å². The number of hydrogen-bond acceptors (Lipinski definition) is 0. The zero-order chi connectivity index (χ0) is 18.0. The molecule has 0 bridgehead atoms. The van der Waals surface area contributed by atoms with Crippen LogP contribution in [-0.4, -0.2) is 5.66 Å². The predicted octanol–water partition coefficient (Wildman–Crippen LogP) is 6.31. The Morgan fingerprint density at radius 1 is 0.654 bits per heavy atom. The van der Waals surface area contributed by atoms with Crippen molar-refractivity contribution in [3.63, 3.8) is 0 Å². The molecule has 0 saturated carbocycles. The van der Waals surface area contributed by atoms with Crippen LogP contribution in [0.4, 0.5) is 0 Å². The number of hydrogen-bond donors (Lipinski definition) is 0. The van der Waals surface area contributed by atoms with Gasteiger partial charge < -0.3 is 0 Å². The molecule has 3 aromatic carbocycles. The van der Waals surface area contributed by atoms with E-state index in [-0.39, 0.29) is 7.92 Å². The third-order valence-corrected chi connectivity index (χ3v) is 7.77. The van der Waals surface area contributed by atoms with Crippen molar-refractivity contribution in [1.82, 2.24) is 0 Å². The van der Waals surface area contributed by atoms with Gasteiger partial charge in [0.25, 0.3) is 0 Å². The zero-order valence-electron chi connectivity index (χ0n) is 15.7. The van der Waals surface area contributed by atoms with Gasteiger partial charge in [0.2, 0.25) is 0 Å². The van der Waals surface area contributed by atoms with E-state index in [1.807, 2.05) is 0 Å². The lowest BCUT2D eigenvalue weighted by molar-refractivity contribution is 0.640. The lowest BCUT2D eigenvalue weighted by Gasteiger charge is -2.29. The van der Waals surface area contributed by atoms with E-state index in [2.05, 4.69) is 97.9 Å². The Morgan fingerprint density at radius 3 is 1.65 bits per heavy atom. The minimum atomic E-state index is -0.355. The first-order chi connectivity index (χ1) is 12.9. The lowest BCUT2D eigenvalue weighted by Crippen LogP contribution is -2.23. The molecule has 0 spiro atoms. The molecule has 3 rings (SSSR count). The summed E-state index contributed by atoms with van der Waals surface area (Å²) in [4.78, 5) is 0. The molecule has 0 nitrogen and oxygen atoms in total. The molecule has 0 heterocycles. The van der Waals surface area contributed by atoms with Crippen LogP contribution in [0.25, 0.3) is 0 Å². The lowest BCUT2D eigenvalue weighted by atomic mass is 10.1. The van der Waals surface area contributed by atoms with E-state index in [1.165, 1.54) is 48.3 Å². The summed E-state index contributed by atoms with van der Waals surface area (Å²) in [6.45, 7) is 2.30. The molecular weight excluding hydrogens is 331 g/mol. The second-order valence-electron chi connectivity index (χ2n) is 6.88. The molecule has 0 amide bonds. The highest BCUT2D eigenvalue weighted by molar-refractivity contribution is 7.73. The molecule has 0 aromatic heterocycles. The molecular formula is C25H29P. The molecule has 0 aliphatic rings. The maximum atomic E-state index is 2.33. The van der Waals surface area contributed by atoms with E-state index >= 15 is 0 Å². The van der Waals surface area contributed by atoms with Gasteiger partial charge in [-0.1, -0.05) is 117 Å². The van der Waals surface area contributed by atoms with Crippen molar-refractivity contribution < 1.29 is 0 Å². The van der Waals surface area contributed by atoms with Crippen LogP contribution in [-0.2, 0) is 6.42 Å². The van der Waals surface area contributed by atoms with E-state index in [1.54, 1.807) is 0 Å². The molecule has 0 N–H and O–H groups in total. The van der Waals surface area contributed by atoms with Gasteiger partial charge in [-0.3, -0.25) is 0 Å². The molecule has 0 aliphatic carbocycles. The van der Waals surface area contributed by atoms with Crippen LogP contribution in [0.5, 0.6) is 0 Å². The molecule has 0 aliphatic heterocycles. The maximum absolute atomic E-state index is 2.33. The van der Waals surface area contributed by atoms with Crippen molar-refractivity contribution >= 4 is 18.5 Å². The highest BCUT2D eigenvalue weighted by Crippen LogP contribution is 2.43. The second-order valence-corrected chi connectivity index (χ2v) is 9.38. The fraction of sp³-hybridized carbons (Fsp3) is 0.280. The Kier molecular flexibility index (Phi) is 7.47. The van der Waals surface area contributed by atoms with Gasteiger partial charge in [-0.05, 0) is 42.6 Å². The van der Waals surface area contributed by atoms with Gasteiger partial charge in [0.15, 0.2) is 0 Å². The van der Waals surface area contributed by atoms with E-state index in [4.69, 9.17) is 0 Å². The van der Waals surface area contributed by atoms with Crippen LogP contribution in [0.3, 0.4) is 0 Å². The monoisotopic (exact) mass is 360 g/mol. The zero-order valence-corrected chi connectivity index (χ0v) is 16.6. The smallest absolute Gasteiger partial charge is 0.00883 e. The van der Waals surface area contributed by atoms with Gasteiger partial charge in [-0.15, -0.1) is 0 Å². The van der Waals surface area contributed by atoms with Gasteiger partial charge in [-0.25, -0.2) is 0 Å². The standard InChI is InChI=1S/C25H29P/c1-2-3-7-20-25(21-22-14-8-4-9-15-22)26(23-16-10-5-11-17-23)24-18-12-6-13-19-24/h4-6,8-19,25H,2-3,7,20-21H2,1H3. The van der Waals surface area contributed by atoms with Crippen molar-refractivity contribution in [3.8, 4) is 0 Å². The summed E-state index contributed by atoms with van der Waals surface area (Å²) in [6, 6.07) is 33.4. The Hall–Kier alpha value is -1.91. The van der Waals surface area contributed by atoms with Gasteiger partial charge in [0.05, 0.1) is 0 Å². The summed E-state index contributed by atoms with van der Waals surface area (Å²) in [5.41, 5.74) is 2.15. The third-order valence-electron chi connectivity index (χ3n) is 4.89. The molecule has 0 fully saturated rings. The molecule has 26 heavy (non-hydrogen) atoms. The average molecular weight is 360 g/mol. The van der Waals surface area contributed by atoms with Crippen molar-refractivity contribution in [1.29, 1.82) is 0 Å². The fourth-order valence-electron chi connectivity index (χ4n) is 3.59. The SMILES string of the molecule is CCCCCC(Cc1ccccc1)P(c1ccccc1)c1ccccc1. The first-order valence-corrected chi connectivity index (χ1v) is 11.2. The van der Waals surface area contributed by atoms with Gasteiger partial charge >= 0.3 is 0 Å². The highest BCUT2D eigenvalue weighted by Gasteiger charge is 2.24. The van der Waals surface area contributed by atoms with Crippen molar-refractivity contribution in [2.75, 3.05) is 0 Å². The Labute approximate surface area is 160 Å². The molecule has 1 heteroatoms. The third kappa shape index (κ3) is 5.29. The molecule has 3 aromatic rings. The quantitative estimate of drug-likeness (QED) is 0.310. The summed E-state index contributed by atoms with van der Waals surface area (Å²) < 4.78 is 0. The van der Waals surface area contributed by atoms with E-state index in [0.29, 0.717) is 5.66 Å². The minimum absolute atomic E-state index is 0.355. The number of unbranched alkanes of at least 4 members (excludes halogenated alkanes) is 2. The van der Waals surface area contributed by atoms with Crippen molar-refractivity contribution in [2.45, 2.75) is 44.7 Å². The van der Waals surface area contributed by atoms with Crippen LogP contribution >= 0.6 is 7.92 Å². The van der Waals surface area contributed by atoms with E-state index in [0.717, 1.165) is 0 Å². The topological polar surface area (TPSA) is 0 Å². The maximum Gasteiger partial charge on any atom is -0.00883 e. The molecule has 0 radical (unpaired) electrons. The molecule has 1 unspecified atom stereocenters. The van der Waals surface area contributed by atoms with Gasteiger partial charge in [0.1, 0.15) is 0 Å². The normalized spacial score (nSPS) is 12.2. The Morgan fingerprint density at radius 2 is 1.15 bits per heavy atom. The van der Waals surface area contributed by atoms with Gasteiger partial charge in [0, 0.05) is 0 Å². The summed E-state index contributed by atoms with van der Waals surface area (Å²) in [5, 5.41) is 3.01. The Balaban J connectivity index is 1.94. The predicted molar refractivity (Wildman–Crippen MR) is 117 cm³/mol. The summed E-state index contributed by atoms with van der Waals surface area (Å²) >= 11 is 0. The molecule has 134 valence electrons.